The molecule has 0 amide bonds. The number of nitrogens with zero attached hydrogens (tertiary/aromatic N) is 2. The quantitative estimate of drug-likeness (QED) is 0.390. The van der Waals surface area contributed by atoms with Crippen LogP contribution in [0, 0.1) is 13.8 Å². The summed E-state index contributed by atoms with van der Waals surface area (Å²) in [6.07, 6.45) is 3.65. The average molecular weight is 342 g/mol. The lowest BCUT2D eigenvalue weighted by Crippen LogP contribution is -2.31. The van der Waals surface area contributed by atoms with Gasteiger partial charge in [0.15, 0.2) is 5.58 Å². The van der Waals surface area contributed by atoms with E-state index in [0.29, 0.717) is 22.1 Å². The van der Waals surface area contributed by atoms with Crippen molar-refractivity contribution in [1.29, 1.82) is 0 Å². The number of benzene rings is 3. The highest BCUT2D eigenvalue weighted by Gasteiger charge is 2.23. The molecular formula is C23H19N2O+. The molecule has 0 fully saturated rings. The van der Waals surface area contributed by atoms with E-state index in [-0.39, 0.29) is 0 Å². The molecule has 0 N–H and O–H groups in total. The Hall–Kier alpha value is -3.20. The van der Waals surface area contributed by atoms with Gasteiger partial charge < -0.3 is 4.42 Å². The molecule has 0 unspecified atom stereocenters. The van der Waals surface area contributed by atoms with Gasteiger partial charge in [-0.25, -0.2) is 4.57 Å². The van der Waals surface area contributed by atoms with Gasteiger partial charge in [0.1, 0.15) is 17.3 Å². The van der Waals surface area contributed by atoms with Crippen LogP contribution in [0.25, 0.3) is 44.1 Å². The molecule has 3 aromatic carbocycles. The summed E-state index contributed by atoms with van der Waals surface area (Å²) in [5, 5.41) is 3.54. The first-order valence-electron chi connectivity index (χ1n) is 10.0. The first-order chi connectivity index (χ1) is 13.8. The summed E-state index contributed by atoms with van der Waals surface area (Å²) in [5.74, 6) is 0.732. The number of hydrogen-bond acceptors (Lipinski definition) is 2. The third-order valence-electron chi connectivity index (χ3n) is 4.96. The van der Waals surface area contributed by atoms with Crippen molar-refractivity contribution in [3.05, 3.63) is 72.1 Å². The molecule has 3 heteroatoms. The Labute approximate surface area is 155 Å². The highest BCUT2D eigenvalue weighted by atomic mass is 16.3. The van der Waals surface area contributed by atoms with Gasteiger partial charge in [0.05, 0.1) is 13.2 Å². The van der Waals surface area contributed by atoms with E-state index in [1.807, 2.05) is 67.2 Å². The van der Waals surface area contributed by atoms with Gasteiger partial charge in [0.25, 0.3) is 0 Å². The molecule has 126 valence electrons. The second-order valence-electron chi connectivity index (χ2n) is 6.67. The lowest BCUT2D eigenvalue weighted by Gasteiger charge is -2.06. The van der Waals surface area contributed by atoms with Crippen LogP contribution in [0.1, 0.15) is 15.2 Å². The van der Waals surface area contributed by atoms with Gasteiger partial charge in [0, 0.05) is 21.0 Å². The molecule has 3 nitrogen and oxygen atoms in total. The molecule has 5 rings (SSSR count). The predicted molar refractivity (Wildman–Crippen MR) is 105 cm³/mol. The molecule has 2 aromatic heterocycles. The lowest BCUT2D eigenvalue weighted by atomic mass is 9.97. The molecule has 0 aliphatic carbocycles. The summed E-state index contributed by atoms with van der Waals surface area (Å²) < 4.78 is 32.6. The average Bonchev–Trinajstić information content (AvgIpc) is 3.03. The molecule has 0 aliphatic rings. The zero-order valence-electron chi connectivity index (χ0n) is 17.6. The second-order valence-corrected chi connectivity index (χ2v) is 6.67. The molecule has 0 saturated heterocycles. The van der Waals surface area contributed by atoms with Crippen molar-refractivity contribution in [2.24, 2.45) is 7.05 Å². The van der Waals surface area contributed by atoms with E-state index in [9.17, 15) is 0 Å². The second kappa shape index (κ2) is 5.40. The molecule has 0 atom stereocenters. The number of fused-ring (bicyclic) bond motifs is 4. The van der Waals surface area contributed by atoms with Crippen LogP contribution in [0.5, 0.6) is 0 Å². The van der Waals surface area contributed by atoms with Gasteiger partial charge in [-0.05, 0) is 52.8 Å². The molecular weight excluding hydrogens is 320 g/mol. The maximum absolute atomic E-state index is 8.12. The Bertz CT molecular complexity index is 1420. The van der Waals surface area contributed by atoms with Gasteiger partial charge in [-0.15, -0.1) is 0 Å². The van der Waals surface area contributed by atoms with Crippen LogP contribution >= 0.6 is 0 Å². The number of rotatable bonds is 1. The van der Waals surface area contributed by atoms with Crippen molar-refractivity contribution >= 4 is 32.7 Å². The van der Waals surface area contributed by atoms with Gasteiger partial charge in [0.2, 0.25) is 0 Å². The van der Waals surface area contributed by atoms with Gasteiger partial charge in [-0.3, -0.25) is 0 Å². The highest BCUT2D eigenvalue weighted by molar-refractivity contribution is 6.14. The van der Waals surface area contributed by atoms with E-state index in [1.54, 1.807) is 12.3 Å². The maximum atomic E-state index is 8.12. The van der Waals surface area contributed by atoms with E-state index in [0.717, 1.165) is 33.1 Å². The molecule has 5 aromatic rings. The topological polar surface area (TPSA) is 29.9 Å². The Morgan fingerprint density at radius 1 is 1.04 bits per heavy atom. The fourth-order valence-corrected chi connectivity index (χ4v) is 3.73. The van der Waals surface area contributed by atoms with Gasteiger partial charge >= 0.3 is 5.82 Å². The molecule has 26 heavy (non-hydrogen) atoms. The number of aryl methyl sites for hydroxylation is 3. The van der Waals surface area contributed by atoms with Gasteiger partial charge in [-0.2, -0.15) is 0 Å². The maximum Gasteiger partial charge on any atom is 0.334 e. The van der Waals surface area contributed by atoms with Crippen LogP contribution in [0.3, 0.4) is 0 Å². The van der Waals surface area contributed by atoms with Crippen molar-refractivity contribution in [2.45, 2.75) is 13.8 Å². The highest BCUT2D eigenvalue weighted by Crippen LogP contribution is 2.39. The minimum absolute atomic E-state index is 0.307. The van der Waals surface area contributed by atoms with Crippen LogP contribution in [0.15, 0.2) is 65.3 Å². The molecule has 0 aliphatic heterocycles. The van der Waals surface area contributed by atoms with Crippen molar-refractivity contribution < 1.29 is 13.1 Å². The Kier molecular flexibility index (Phi) is 2.53. The number of aromatic nitrogens is 2. The van der Waals surface area contributed by atoms with E-state index in [1.165, 1.54) is 0 Å². The largest absolute Gasteiger partial charge is 0.455 e. The molecule has 0 saturated carbocycles. The third-order valence-corrected chi connectivity index (χ3v) is 4.96. The fraction of sp³-hybridized carbons (Fsp3) is 0.130. The molecule has 0 spiro atoms. The standard InChI is InChI=1S/C23H19N2O/c1-14-11-15(2)21(23-24-9-6-10-25(23)3)22-20(14)18-12-16-7-4-5-8-17(16)13-19(18)26-22/h4-13H,1-3H3/q+1/i1D3. The molecule has 0 radical (unpaired) electrons. The third kappa shape index (κ3) is 2.07. The Morgan fingerprint density at radius 3 is 2.62 bits per heavy atom. The SMILES string of the molecule is [2H]C([2H])([2H])c1cc(C)c(-c2nccc[n+]2C)c2oc3cc4ccccc4cc3c12. The molecule has 0 bridgehead atoms. The zero-order chi connectivity index (χ0) is 20.3. The normalized spacial score (nSPS) is 13.8. The summed E-state index contributed by atoms with van der Waals surface area (Å²) in [7, 11) is 1.92. The van der Waals surface area contributed by atoms with Gasteiger partial charge in [-0.1, -0.05) is 30.3 Å². The van der Waals surface area contributed by atoms with Crippen LogP contribution in [0.2, 0.25) is 0 Å². The van der Waals surface area contributed by atoms with E-state index < -0.39 is 6.85 Å². The fourth-order valence-electron chi connectivity index (χ4n) is 3.73. The first kappa shape index (κ1) is 12.2. The van der Waals surface area contributed by atoms with Crippen molar-refractivity contribution in [1.82, 2.24) is 4.98 Å². The number of hydrogen-bond donors (Lipinski definition) is 0. The summed E-state index contributed by atoms with van der Waals surface area (Å²) in [6, 6.07) is 15.6. The lowest BCUT2D eigenvalue weighted by molar-refractivity contribution is -0.663. The minimum Gasteiger partial charge on any atom is -0.455 e. The predicted octanol–water partition coefficient (Wildman–Crippen LogP) is 5.24. The van der Waals surface area contributed by atoms with E-state index in [2.05, 4.69) is 4.98 Å². The monoisotopic (exact) mass is 342 g/mol. The summed E-state index contributed by atoms with van der Waals surface area (Å²) in [4.78, 5) is 4.54. The summed E-state index contributed by atoms with van der Waals surface area (Å²) in [6.45, 7) is -0.349. The molecule has 2 heterocycles. The first-order valence-corrected chi connectivity index (χ1v) is 8.55. The smallest absolute Gasteiger partial charge is 0.334 e. The van der Waals surface area contributed by atoms with E-state index >= 15 is 0 Å². The Morgan fingerprint density at radius 2 is 1.85 bits per heavy atom. The zero-order valence-corrected chi connectivity index (χ0v) is 14.6. The summed E-state index contributed by atoms with van der Waals surface area (Å²) >= 11 is 0. The van der Waals surface area contributed by atoms with Crippen LogP contribution < -0.4 is 4.57 Å². The van der Waals surface area contributed by atoms with Crippen LogP contribution in [0.4, 0.5) is 0 Å². The van der Waals surface area contributed by atoms with Crippen molar-refractivity contribution in [2.75, 3.05) is 0 Å². The van der Waals surface area contributed by atoms with Crippen LogP contribution in [-0.2, 0) is 7.05 Å². The van der Waals surface area contributed by atoms with Crippen molar-refractivity contribution in [3.8, 4) is 11.4 Å². The van der Waals surface area contributed by atoms with Crippen LogP contribution in [-0.4, -0.2) is 4.98 Å². The summed E-state index contributed by atoms with van der Waals surface area (Å²) in [5.41, 5.74) is 3.18. The van der Waals surface area contributed by atoms with Crippen molar-refractivity contribution in [3.63, 3.8) is 0 Å². The van der Waals surface area contributed by atoms with E-state index in [4.69, 9.17) is 8.53 Å². The Balaban J connectivity index is 2.01. The minimum atomic E-state index is -2.25. The number of furan rings is 1.